The molecular weight excluding hydrogens is 262 g/mol. The van der Waals surface area contributed by atoms with Crippen molar-refractivity contribution in [3.63, 3.8) is 0 Å². The summed E-state index contributed by atoms with van der Waals surface area (Å²) in [6, 6.07) is 11.3. The van der Waals surface area contributed by atoms with Crippen LogP contribution in [0.2, 0.25) is 0 Å². The molecule has 0 saturated heterocycles. The van der Waals surface area contributed by atoms with Gasteiger partial charge < -0.3 is 10.6 Å². The van der Waals surface area contributed by atoms with Crippen LogP contribution in [0.4, 0.5) is 14.5 Å². The molecule has 1 atom stereocenters. The molecule has 2 N–H and O–H groups in total. The van der Waals surface area contributed by atoms with Gasteiger partial charge in [0.2, 0.25) is 5.91 Å². The molecule has 2 rings (SSSR count). The van der Waals surface area contributed by atoms with Crippen molar-refractivity contribution in [1.82, 2.24) is 5.32 Å². The lowest BCUT2D eigenvalue weighted by atomic mass is 10.1. The highest BCUT2D eigenvalue weighted by Gasteiger charge is 2.19. The predicted molar refractivity (Wildman–Crippen MR) is 73.2 cm³/mol. The van der Waals surface area contributed by atoms with Crippen molar-refractivity contribution in [3.05, 3.63) is 65.7 Å². The molecule has 0 aliphatic carbocycles. The van der Waals surface area contributed by atoms with E-state index in [1.807, 2.05) is 6.07 Å². The number of carbonyl (C=O) groups excluding carboxylic acids is 1. The van der Waals surface area contributed by atoms with Gasteiger partial charge >= 0.3 is 0 Å². The van der Waals surface area contributed by atoms with E-state index in [0.29, 0.717) is 0 Å². The fraction of sp³-hybridized carbons (Fsp3) is 0.133. The minimum atomic E-state index is -0.678. The minimum Gasteiger partial charge on any atom is -0.322 e. The summed E-state index contributed by atoms with van der Waals surface area (Å²) >= 11 is 0. The summed E-state index contributed by atoms with van der Waals surface area (Å²) in [5.74, 6) is -1.74. The highest BCUT2D eigenvalue weighted by atomic mass is 19.1. The molecule has 20 heavy (non-hydrogen) atoms. The standard InChI is InChI=1S/C15H14F2N2O/c1-18-14(10-5-3-2-4-6-10)15(20)19-13-9-11(16)7-8-12(13)17/h2-9,14,18H,1H3,(H,19,20). The summed E-state index contributed by atoms with van der Waals surface area (Å²) < 4.78 is 26.6. The lowest BCUT2D eigenvalue weighted by molar-refractivity contribution is -0.118. The van der Waals surface area contributed by atoms with Gasteiger partial charge in [0.05, 0.1) is 5.69 Å². The first kappa shape index (κ1) is 14.1. The zero-order chi connectivity index (χ0) is 14.5. The minimum absolute atomic E-state index is 0.175. The number of rotatable bonds is 4. The molecule has 0 aromatic heterocycles. The van der Waals surface area contributed by atoms with Crippen LogP contribution in [0, 0.1) is 11.6 Å². The number of likely N-dealkylation sites (N-methyl/N-ethyl adjacent to an activating group) is 1. The average molecular weight is 276 g/mol. The molecule has 3 nitrogen and oxygen atoms in total. The third-order valence-electron chi connectivity index (χ3n) is 2.87. The van der Waals surface area contributed by atoms with Gasteiger partial charge in [-0.15, -0.1) is 0 Å². The third-order valence-corrected chi connectivity index (χ3v) is 2.87. The number of benzene rings is 2. The van der Waals surface area contributed by atoms with E-state index in [9.17, 15) is 13.6 Å². The molecule has 104 valence electrons. The Morgan fingerprint density at radius 1 is 1.10 bits per heavy atom. The highest BCUT2D eigenvalue weighted by molar-refractivity contribution is 5.95. The van der Waals surface area contributed by atoms with Gasteiger partial charge in [0.15, 0.2) is 0 Å². The summed E-state index contributed by atoms with van der Waals surface area (Å²) in [6.07, 6.45) is 0. The van der Waals surface area contributed by atoms with E-state index in [2.05, 4.69) is 10.6 Å². The number of carbonyl (C=O) groups is 1. The fourth-order valence-corrected chi connectivity index (χ4v) is 1.89. The Bertz CT molecular complexity index is 602. The Morgan fingerprint density at radius 2 is 1.80 bits per heavy atom. The normalized spacial score (nSPS) is 11.9. The Hall–Kier alpha value is -2.27. The largest absolute Gasteiger partial charge is 0.322 e. The molecule has 0 fully saturated rings. The molecule has 2 aromatic carbocycles. The molecule has 0 aliphatic heterocycles. The van der Waals surface area contributed by atoms with Crippen molar-refractivity contribution in [2.24, 2.45) is 0 Å². The van der Waals surface area contributed by atoms with Gasteiger partial charge in [-0.3, -0.25) is 4.79 Å². The van der Waals surface area contributed by atoms with Crippen molar-refractivity contribution < 1.29 is 13.6 Å². The van der Waals surface area contributed by atoms with Gasteiger partial charge in [0.1, 0.15) is 17.7 Å². The molecule has 0 aliphatic rings. The van der Waals surface area contributed by atoms with Crippen LogP contribution in [0.5, 0.6) is 0 Å². The van der Waals surface area contributed by atoms with E-state index < -0.39 is 23.6 Å². The van der Waals surface area contributed by atoms with Gasteiger partial charge in [-0.1, -0.05) is 30.3 Å². The van der Waals surface area contributed by atoms with E-state index in [4.69, 9.17) is 0 Å². The van der Waals surface area contributed by atoms with Gasteiger partial charge in [0.25, 0.3) is 0 Å². The second kappa shape index (κ2) is 6.25. The van der Waals surface area contributed by atoms with Crippen LogP contribution in [0.25, 0.3) is 0 Å². The Kier molecular flexibility index (Phi) is 4.42. The number of amides is 1. The maximum atomic E-state index is 13.5. The van der Waals surface area contributed by atoms with Crippen LogP contribution in [-0.4, -0.2) is 13.0 Å². The fourth-order valence-electron chi connectivity index (χ4n) is 1.89. The maximum Gasteiger partial charge on any atom is 0.246 e. The van der Waals surface area contributed by atoms with Gasteiger partial charge in [-0.2, -0.15) is 0 Å². The molecule has 0 spiro atoms. The van der Waals surface area contributed by atoms with Crippen LogP contribution in [0.3, 0.4) is 0 Å². The second-order valence-electron chi connectivity index (χ2n) is 4.25. The number of anilines is 1. The molecule has 0 bridgehead atoms. The molecule has 5 heteroatoms. The van der Waals surface area contributed by atoms with E-state index in [1.165, 1.54) is 0 Å². The predicted octanol–water partition coefficient (Wildman–Crippen LogP) is 2.86. The van der Waals surface area contributed by atoms with Crippen molar-refractivity contribution in [2.75, 3.05) is 12.4 Å². The first-order valence-corrected chi connectivity index (χ1v) is 6.10. The van der Waals surface area contributed by atoms with Gasteiger partial charge in [-0.05, 0) is 24.7 Å². The van der Waals surface area contributed by atoms with Gasteiger partial charge in [0, 0.05) is 6.07 Å². The molecule has 1 amide bonds. The van der Waals surface area contributed by atoms with Gasteiger partial charge in [-0.25, -0.2) is 8.78 Å². The molecule has 0 heterocycles. The zero-order valence-corrected chi connectivity index (χ0v) is 10.9. The Labute approximate surface area is 115 Å². The van der Waals surface area contributed by atoms with Crippen LogP contribution in [-0.2, 0) is 4.79 Å². The number of hydrogen-bond acceptors (Lipinski definition) is 2. The smallest absolute Gasteiger partial charge is 0.246 e. The van der Waals surface area contributed by atoms with E-state index in [0.717, 1.165) is 23.8 Å². The topological polar surface area (TPSA) is 41.1 Å². The summed E-state index contributed by atoms with van der Waals surface area (Å²) in [5.41, 5.74) is 0.565. The first-order chi connectivity index (χ1) is 9.61. The average Bonchev–Trinajstić information content (AvgIpc) is 2.45. The highest BCUT2D eigenvalue weighted by Crippen LogP contribution is 2.19. The van der Waals surface area contributed by atoms with Crippen LogP contribution >= 0.6 is 0 Å². The maximum absolute atomic E-state index is 13.5. The summed E-state index contributed by atoms with van der Waals surface area (Å²) in [5, 5.41) is 5.23. The summed E-state index contributed by atoms with van der Waals surface area (Å²) in [6.45, 7) is 0. The lowest BCUT2D eigenvalue weighted by Crippen LogP contribution is -2.30. The molecular formula is C15H14F2N2O. The molecule has 0 saturated carbocycles. The number of halogens is 2. The summed E-state index contributed by atoms with van der Waals surface area (Å²) in [7, 11) is 1.62. The Morgan fingerprint density at radius 3 is 2.45 bits per heavy atom. The summed E-state index contributed by atoms with van der Waals surface area (Å²) in [4.78, 5) is 12.1. The van der Waals surface area contributed by atoms with Crippen LogP contribution in [0.1, 0.15) is 11.6 Å². The second-order valence-corrected chi connectivity index (χ2v) is 4.25. The van der Waals surface area contributed by atoms with Crippen LogP contribution < -0.4 is 10.6 Å². The van der Waals surface area contributed by atoms with E-state index in [1.54, 1.807) is 31.3 Å². The monoisotopic (exact) mass is 276 g/mol. The lowest BCUT2D eigenvalue weighted by Gasteiger charge is -2.16. The molecule has 2 aromatic rings. The van der Waals surface area contributed by atoms with Crippen molar-refractivity contribution in [1.29, 1.82) is 0 Å². The number of hydrogen-bond donors (Lipinski definition) is 2. The quantitative estimate of drug-likeness (QED) is 0.901. The van der Waals surface area contributed by atoms with Crippen molar-refractivity contribution >= 4 is 11.6 Å². The van der Waals surface area contributed by atoms with Crippen molar-refractivity contribution in [2.45, 2.75) is 6.04 Å². The molecule has 1 unspecified atom stereocenters. The van der Waals surface area contributed by atoms with E-state index in [-0.39, 0.29) is 5.69 Å². The SMILES string of the molecule is CNC(C(=O)Nc1cc(F)ccc1F)c1ccccc1. The van der Waals surface area contributed by atoms with E-state index >= 15 is 0 Å². The van der Waals surface area contributed by atoms with Crippen LogP contribution in [0.15, 0.2) is 48.5 Å². The Balaban J connectivity index is 2.20. The number of nitrogens with one attached hydrogen (secondary N) is 2. The third kappa shape index (κ3) is 3.19. The van der Waals surface area contributed by atoms with Crippen molar-refractivity contribution in [3.8, 4) is 0 Å². The first-order valence-electron chi connectivity index (χ1n) is 6.10. The molecule has 0 radical (unpaired) electrons. The zero-order valence-electron chi connectivity index (χ0n) is 10.9.